The molecule has 0 aliphatic carbocycles. The molecule has 0 aliphatic rings. The fourth-order valence-corrected chi connectivity index (χ4v) is 1.75. The Balaban J connectivity index is 2.22. The molecule has 2 aromatic rings. The lowest BCUT2D eigenvalue weighted by Gasteiger charge is -2.05. The van der Waals surface area contributed by atoms with E-state index < -0.39 is 5.91 Å². The van der Waals surface area contributed by atoms with Gasteiger partial charge in [0.2, 0.25) is 5.28 Å². The minimum absolute atomic E-state index is 0.0140. The predicted molar refractivity (Wildman–Crippen MR) is 69.3 cm³/mol. The van der Waals surface area contributed by atoms with Crippen molar-refractivity contribution in [2.75, 3.05) is 5.32 Å². The number of carbonyl (C=O) groups is 1. The summed E-state index contributed by atoms with van der Waals surface area (Å²) < 4.78 is 0. The molecule has 1 N–H and O–H groups in total. The van der Waals surface area contributed by atoms with Gasteiger partial charge in [0.1, 0.15) is 16.1 Å². The molecular formula is C10H5Cl3N4O. The minimum Gasteiger partial charge on any atom is -0.306 e. The van der Waals surface area contributed by atoms with Gasteiger partial charge >= 0.3 is 0 Å². The van der Waals surface area contributed by atoms with Crippen molar-refractivity contribution < 1.29 is 4.79 Å². The highest BCUT2D eigenvalue weighted by atomic mass is 35.5. The Morgan fingerprint density at radius 1 is 1.11 bits per heavy atom. The number of halogens is 3. The largest absolute Gasteiger partial charge is 0.306 e. The Kier molecular flexibility index (Phi) is 3.96. The number of carbonyl (C=O) groups excluding carboxylic acids is 1. The topological polar surface area (TPSA) is 67.8 Å². The average Bonchev–Trinajstić information content (AvgIpc) is 2.28. The zero-order valence-corrected chi connectivity index (χ0v) is 11.0. The van der Waals surface area contributed by atoms with Crippen molar-refractivity contribution in [1.29, 1.82) is 0 Å². The van der Waals surface area contributed by atoms with Crippen LogP contribution in [0.1, 0.15) is 10.4 Å². The van der Waals surface area contributed by atoms with Gasteiger partial charge in [-0.15, -0.1) is 0 Å². The van der Waals surface area contributed by atoms with Gasteiger partial charge < -0.3 is 5.32 Å². The highest BCUT2D eigenvalue weighted by Gasteiger charge is 2.12. The number of aromatic nitrogens is 3. The van der Waals surface area contributed by atoms with Crippen LogP contribution in [0.25, 0.3) is 0 Å². The molecule has 2 rings (SSSR count). The van der Waals surface area contributed by atoms with Gasteiger partial charge in [0.05, 0.1) is 5.56 Å². The van der Waals surface area contributed by atoms with Crippen molar-refractivity contribution in [2.45, 2.75) is 0 Å². The highest BCUT2D eigenvalue weighted by Crippen LogP contribution is 2.18. The summed E-state index contributed by atoms with van der Waals surface area (Å²) in [6, 6.07) is 4.44. The van der Waals surface area contributed by atoms with Crippen LogP contribution in [0.2, 0.25) is 15.6 Å². The van der Waals surface area contributed by atoms with Gasteiger partial charge in [0.25, 0.3) is 5.91 Å². The molecule has 1 amide bonds. The number of hydrogen-bond donors (Lipinski definition) is 1. The van der Waals surface area contributed by atoms with E-state index in [1.165, 1.54) is 24.4 Å². The maximum absolute atomic E-state index is 11.9. The van der Waals surface area contributed by atoms with Gasteiger partial charge in [-0.3, -0.25) is 4.79 Å². The van der Waals surface area contributed by atoms with E-state index in [0.717, 1.165) is 0 Å². The molecule has 18 heavy (non-hydrogen) atoms. The lowest BCUT2D eigenvalue weighted by molar-refractivity contribution is 0.102. The number of pyridine rings is 1. The molecule has 0 aromatic carbocycles. The van der Waals surface area contributed by atoms with Crippen LogP contribution in [-0.4, -0.2) is 20.9 Å². The summed E-state index contributed by atoms with van der Waals surface area (Å²) >= 11 is 17.0. The van der Waals surface area contributed by atoms with Gasteiger partial charge in [0.15, 0.2) is 0 Å². The average molecular weight is 304 g/mol. The Morgan fingerprint density at radius 3 is 2.56 bits per heavy atom. The number of amides is 1. The molecule has 0 fully saturated rings. The molecule has 5 nitrogen and oxygen atoms in total. The minimum atomic E-state index is -0.459. The molecule has 0 saturated heterocycles. The smallest absolute Gasteiger partial charge is 0.259 e. The van der Waals surface area contributed by atoms with E-state index in [-0.39, 0.29) is 27.0 Å². The van der Waals surface area contributed by atoms with Crippen molar-refractivity contribution >= 4 is 46.5 Å². The standard InChI is InChI=1S/C10H5Cl3N4O/c11-6-2-1-5(8(12)15-6)9(18)16-7-3-4-14-10(13)17-7/h1-4H,(H,14,16,17,18). The number of nitrogens with zero attached hydrogens (tertiary/aromatic N) is 3. The van der Waals surface area contributed by atoms with Gasteiger partial charge in [-0.2, -0.15) is 0 Å². The van der Waals surface area contributed by atoms with Gasteiger partial charge in [-0.05, 0) is 29.8 Å². The van der Waals surface area contributed by atoms with Crippen molar-refractivity contribution in [3.63, 3.8) is 0 Å². The summed E-state index contributed by atoms with van der Waals surface area (Å²) in [6.07, 6.45) is 1.42. The van der Waals surface area contributed by atoms with Crippen LogP contribution < -0.4 is 5.32 Å². The predicted octanol–water partition coefficient (Wildman–Crippen LogP) is 3.08. The summed E-state index contributed by atoms with van der Waals surface area (Å²) in [6.45, 7) is 0. The Morgan fingerprint density at radius 2 is 1.89 bits per heavy atom. The molecule has 0 atom stereocenters. The summed E-state index contributed by atoms with van der Waals surface area (Å²) in [5.74, 6) is -0.190. The fourth-order valence-electron chi connectivity index (χ4n) is 1.17. The number of anilines is 1. The first-order valence-electron chi connectivity index (χ1n) is 4.68. The van der Waals surface area contributed by atoms with Crippen molar-refractivity contribution in [1.82, 2.24) is 15.0 Å². The van der Waals surface area contributed by atoms with Crippen LogP contribution in [-0.2, 0) is 0 Å². The Hall–Kier alpha value is -1.43. The van der Waals surface area contributed by atoms with Gasteiger partial charge in [-0.25, -0.2) is 15.0 Å². The van der Waals surface area contributed by atoms with E-state index in [1.54, 1.807) is 0 Å². The van der Waals surface area contributed by atoms with E-state index in [9.17, 15) is 4.79 Å². The maximum Gasteiger partial charge on any atom is 0.259 e. The van der Waals surface area contributed by atoms with Crippen LogP contribution in [0, 0.1) is 0 Å². The van der Waals surface area contributed by atoms with Crippen LogP contribution in [0.4, 0.5) is 5.82 Å². The third-order valence-corrected chi connectivity index (χ3v) is 2.61. The zero-order valence-electron chi connectivity index (χ0n) is 8.69. The van der Waals surface area contributed by atoms with Crippen molar-refractivity contribution in [2.24, 2.45) is 0 Å². The maximum atomic E-state index is 11.9. The molecule has 0 bridgehead atoms. The van der Waals surface area contributed by atoms with E-state index >= 15 is 0 Å². The molecule has 8 heteroatoms. The quantitative estimate of drug-likeness (QED) is 0.684. The Bertz CT molecular complexity index is 605. The van der Waals surface area contributed by atoms with Crippen LogP contribution in [0.3, 0.4) is 0 Å². The van der Waals surface area contributed by atoms with Gasteiger partial charge in [0, 0.05) is 6.20 Å². The third-order valence-electron chi connectivity index (χ3n) is 1.93. The van der Waals surface area contributed by atoms with Crippen LogP contribution in [0.5, 0.6) is 0 Å². The van der Waals surface area contributed by atoms with E-state index in [1.807, 2.05) is 0 Å². The second-order valence-corrected chi connectivity index (χ2v) is 4.22. The summed E-state index contributed by atoms with van der Waals surface area (Å²) in [5.41, 5.74) is 0.191. The van der Waals surface area contributed by atoms with E-state index in [2.05, 4.69) is 20.3 Å². The van der Waals surface area contributed by atoms with Crippen molar-refractivity contribution in [3.8, 4) is 0 Å². The summed E-state index contributed by atoms with van der Waals surface area (Å²) in [4.78, 5) is 23.2. The first-order chi connectivity index (χ1) is 8.56. The second-order valence-electron chi connectivity index (χ2n) is 3.14. The molecule has 2 aromatic heterocycles. The molecule has 2 heterocycles. The second kappa shape index (κ2) is 5.48. The highest BCUT2D eigenvalue weighted by molar-refractivity contribution is 6.35. The lowest BCUT2D eigenvalue weighted by atomic mass is 10.2. The molecule has 0 aliphatic heterocycles. The molecule has 0 unspecified atom stereocenters. The number of rotatable bonds is 2. The summed E-state index contributed by atoms with van der Waals surface area (Å²) in [7, 11) is 0. The lowest BCUT2D eigenvalue weighted by Crippen LogP contribution is -2.14. The number of nitrogens with one attached hydrogen (secondary N) is 1. The molecule has 92 valence electrons. The SMILES string of the molecule is O=C(Nc1ccnc(Cl)n1)c1ccc(Cl)nc1Cl. The zero-order chi connectivity index (χ0) is 13.1. The van der Waals surface area contributed by atoms with Crippen molar-refractivity contribution in [3.05, 3.63) is 45.5 Å². The monoisotopic (exact) mass is 302 g/mol. The van der Waals surface area contributed by atoms with Crippen LogP contribution >= 0.6 is 34.8 Å². The molecule has 0 radical (unpaired) electrons. The number of hydrogen-bond acceptors (Lipinski definition) is 4. The van der Waals surface area contributed by atoms with Gasteiger partial charge in [-0.1, -0.05) is 23.2 Å². The fraction of sp³-hybridized carbons (Fsp3) is 0. The molecular weight excluding hydrogens is 298 g/mol. The van der Waals surface area contributed by atoms with E-state index in [4.69, 9.17) is 34.8 Å². The normalized spacial score (nSPS) is 10.2. The summed E-state index contributed by atoms with van der Waals surface area (Å²) in [5, 5.41) is 2.78. The first-order valence-corrected chi connectivity index (χ1v) is 5.81. The first kappa shape index (κ1) is 13.0. The van der Waals surface area contributed by atoms with Crippen LogP contribution in [0.15, 0.2) is 24.4 Å². The Labute approximate surface area is 117 Å². The molecule has 0 saturated carbocycles. The van der Waals surface area contributed by atoms with E-state index in [0.29, 0.717) is 0 Å². The third kappa shape index (κ3) is 3.07. The molecule has 0 spiro atoms.